The van der Waals surface area contributed by atoms with E-state index in [1.807, 2.05) is 20.8 Å². The van der Waals surface area contributed by atoms with Gasteiger partial charge in [-0.25, -0.2) is 0 Å². The summed E-state index contributed by atoms with van der Waals surface area (Å²) in [7, 11) is 5.78. The maximum atomic E-state index is 5.78. The molecule has 1 atom stereocenters. The summed E-state index contributed by atoms with van der Waals surface area (Å²) in [4.78, 5) is 0. The molecule has 0 saturated heterocycles. The molecule has 1 nitrogen and oxygen atoms in total. The summed E-state index contributed by atoms with van der Waals surface area (Å²) in [5.41, 5.74) is 0.0876. The van der Waals surface area contributed by atoms with Crippen molar-refractivity contribution in [1.82, 2.24) is 0 Å². The first-order valence-electron chi connectivity index (χ1n) is 4.23. The first-order chi connectivity index (χ1) is 4.86. The molecule has 0 spiro atoms. The van der Waals surface area contributed by atoms with Crippen molar-refractivity contribution in [2.75, 3.05) is 6.61 Å². The summed E-state index contributed by atoms with van der Waals surface area (Å²) in [6.07, 6.45) is 0.299. The van der Waals surface area contributed by atoms with E-state index in [-0.39, 0.29) is 11.2 Å². The van der Waals surface area contributed by atoms with Crippen LogP contribution in [0.5, 0.6) is 0 Å². The Morgan fingerprint density at radius 1 is 1.27 bits per heavy atom. The molecule has 0 aliphatic rings. The molecule has 0 aromatic rings. The molecule has 0 rings (SSSR count). The fourth-order valence-corrected chi connectivity index (χ4v) is 0.513. The average Bonchev–Trinajstić information content (AvgIpc) is 1.84. The largest absolute Gasteiger partial charge is 0.378 e. The van der Waals surface area contributed by atoms with Crippen LogP contribution in [0.2, 0.25) is 5.82 Å². The number of hydrogen-bond donors (Lipinski definition) is 0. The summed E-state index contributed by atoms with van der Waals surface area (Å²) in [5, 5.41) is 0. The minimum Gasteiger partial charge on any atom is -0.378 e. The van der Waals surface area contributed by atoms with Gasteiger partial charge < -0.3 is 4.74 Å². The first kappa shape index (κ1) is 11.0. The molecule has 0 aromatic heterocycles. The van der Waals surface area contributed by atoms with Gasteiger partial charge >= 0.3 is 0 Å². The van der Waals surface area contributed by atoms with Crippen LogP contribution in [0.4, 0.5) is 0 Å². The van der Waals surface area contributed by atoms with Gasteiger partial charge in [0, 0.05) is 0 Å². The smallest absolute Gasteiger partial charge is 0.0704 e. The lowest BCUT2D eigenvalue weighted by Gasteiger charge is -2.30. The van der Waals surface area contributed by atoms with Crippen LogP contribution in [0.15, 0.2) is 0 Å². The van der Waals surface area contributed by atoms with Crippen molar-refractivity contribution in [3.8, 4) is 0 Å². The second-order valence-corrected chi connectivity index (χ2v) is 4.14. The minimum atomic E-state index is 0.0876. The third-order valence-corrected chi connectivity index (χ3v) is 2.02. The van der Waals surface area contributed by atoms with Gasteiger partial charge in [0.25, 0.3) is 0 Å². The Kier molecular flexibility index (Phi) is 4.16. The van der Waals surface area contributed by atoms with Crippen LogP contribution >= 0.6 is 0 Å². The van der Waals surface area contributed by atoms with Crippen molar-refractivity contribution in [1.29, 1.82) is 0 Å². The number of hydrogen-bond acceptors (Lipinski definition) is 1. The predicted octanol–water partition coefficient (Wildman–Crippen LogP) is 2.41. The van der Waals surface area contributed by atoms with Crippen LogP contribution in [-0.4, -0.2) is 20.6 Å². The fourth-order valence-electron chi connectivity index (χ4n) is 0.513. The molecule has 0 amide bonds. The third-order valence-electron chi connectivity index (χ3n) is 2.02. The lowest BCUT2D eigenvalue weighted by molar-refractivity contribution is 0.0205. The van der Waals surface area contributed by atoms with Gasteiger partial charge in [-0.2, -0.15) is 0 Å². The van der Waals surface area contributed by atoms with Crippen molar-refractivity contribution in [2.45, 2.75) is 46.5 Å². The lowest BCUT2D eigenvalue weighted by atomic mass is 9.69. The number of ether oxygens (including phenoxy) is 1. The van der Waals surface area contributed by atoms with E-state index in [9.17, 15) is 0 Å². The van der Waals surface area contributed by atoms with Gasteiger partial charge in [-0.1, -0.05) is 26.6 Å². The normalized spacial score (nSPS) is 15.5. The maximum Gasteiger partial charge on any atom is 0.0704 e. The first-order valence-corrected chi connectivity index (χ1v) is 4.23. The van der Waals surface area contributed by atoms with Gasteiger partial charge in [-0.05, 0) is 19.3 Å². The highest BCUT2D eigenvalue weighted by molar-refractivity contribution is 6.11. The van der Waals surface area contributed by atoms with Crippen molar-refractivity contribution >= 4 is 7.85 Å². The molecule has 0 aromatic carbocycles. The van der Waals surface area contributed by atoms with Crippen LogP contribution in [-0.2, 0) is 4.74 Å². The highest BCUT2D eigenvalue weighted by Crippen LogP contribution is 2.29. The van der Waals surface area contributed by atoms with Crippen molar-refractivity contribution in [3.05, 3.63) is 0 Å². The second kappa shape index (κ2) is 4.15. The highest BCUT2D eigenvalue weighted by atomic mass is 16.5. The molecule has 0 N–H and O–H groups in total. The molecule has 0 aliphatic carbocycles. The minimum absolute atomic E-state index is 0.0876. The van der Waals surface area contributed by atoms with Crippen LogP contribution in [0.1, 0.15) is 34.6 Å². The summed E-state index contributed by atoms with van der Waals surface area (Å²) < 4.78 is 5.49. The SMILES string of the molecule is [B]C(C)C(C)(C)COC(C)C. The van der Waals surface area contributed by atoms with Gasteiger partial charge in [-0.3, -0.25) is 0 Å². The average molecular weight is 154 g/mol. The summed E-state index contributed by atoms with van der Waals surface area (Å²) >= 11 is 0. The number of rotatable bonds is 4. The molecule has 0 fully saturated rings. The monoisotopic (exact) mass is 154 g/mol. The zero-order valence-corrected chi connectivity index (χ0v) is 8.35. The molecule has 0 saturated carbocycles. The van der Waals surface area contributed by atoms with E-state index in [0.29, 0.717) is 6.10 Å². The molecule has 0 aliphatic heterocycles. The van der Waals surface area contributed by atoms with Crippen LogP contribution in [0.3, 0.4) is 0 Å². The Bertz CT molecular complexity index is 108. The molecule has 2 heteroatoms. The molecule has 11 heavy (non-hydrogen) atoms. The van der Waals surface area contributed by atoms with E-state index in [2.05, 4.69) is 13.8 Å². The lowest BCUT2D eigenvalue weighted by Crippen LogP contribution is -2.25. The summed E-state index contributed by atoms with van der Waals surface area (Å²) in [5.74, 6) is 0.182. The Morgan fingerprint density at radius 2 is 1.73 bits per heavy atom. The second-order valence-electron chi connectivity index (χ2n) is 4.14. The molecular formula is C9H19BO. The van der Waals surface area contributed by atoms with Gasteiger partial charge in [0.15, 0.2) is 0 Å². The zero-order valence-electron chi connectivity index (χ0n) is 8.35. The van der Waals surface area contributed by atoms with Crippen molar-refractivity contribution < 1.29 is 4.74 Å². The van der Waals surface area contributed by atoms with Gasteiger partial charge in [-0.15, -0.1) is 0 Å². The standard InChI is InChI=1S/C9H19BO/c1-7(2)11-6-9(4,5)8(3)10/h7-8H,6H2,1-5H3. The zero-order chi connectivity index (χ0) is 9.07. The van der Waals surface area contributed by atoms with E-state index in [4.69, 9.17) is 12.6 Å². The molecule has 1 unspecified atom stereocenters. The van der Waals surface area contributed by atoms with Crippen LogP contribution in [0.25, 0.3) is 0 Å². The molecule has 2 radical (unpaired) electrons. The third kappa shape index (κ3) is 4.46. The Morgan fingerprint density at radius 3 is 2.00 bits per heavy atom. The molecule has 0 heterocycles. The fraction of sp³-hybridized carbons (Fsp3) is 1.00. The predicted molar refractivity (Wildman–Crippen MR) is 50.0 cm³/mol. The van der Waals surface area contributed by atoms with Crippen molar-refractivity contribution in [3.63, 3.8) is 0 Å². The van der Waals surface area contributed by atoms with Gasteiger partial charge in [0.2, 0.25) is 0 Å². The topological polar surface area (TPSA) is 9.23 Å². The van der Waals surface area contributed by atoms with E-state index in [1.165, 1.54) is 0 Å². The summed E-state index contributed by atoms with van der Waals surface area (Å²) in [6.45, 7) is 11.1. The highest BCUT2D eigenvalue weighted by Gasteiger charge is 2.22. The van der Waals surface area contributed by atoms with E-state index >= 15 is 0 Å². The van der Waals surface area contributed by atoms with Gasteiger partial charge in [0.1, 0.15) is 0 Å². The van der Waals surface area contributed by atoms with Gasteiger partial charge in [0.05, 0.1) is 20.6 Å². The molecule has 0 bridgehead atoms. The maximum absolute atomic E-state index is 5.78. The Balaban J connectivity index is 3.73. The Hall–Kier alpha value is 0.0249. The van der Waals surface area contributed by atoms with E-state index < -0.39 is 0 Å². The van der Waals surface area contributed by atoms with E-state index in [0.717, 1.165) is 6.61 Å². The quantitative estimate of drug-likeness (QED) is 0.565. The molecule has 64 valence electrons. The molecular weight excluding hydrogens is 135 g/mol. The summed E-state index contributed by atoms with van der Waals surface area (Å²) in [6, 6.07) is 0. The van der Waals surface area contributed by atoms with Crippen LogP contribution < -0.4 is 0 Å². The Labute approximate surface area is 71.9 Å². The van der Waals surface area contributed by atoms with Crippen LogP contribution in [0, 0.1) is 5.41 Å². The van der Waals surface area contributed by atoms with E-state index in [1.54, 1.807) is 0 Å². The van der Waals surface area contributed by atoms with Crippen molar-refractivity contribution in [2.24, 2.45) is 5.41 Å².